The summed E-state index contributed by atoms with van der Waals surface area (Å²) in [5.41, 5.74) is 0.490. The van der Waals surface area contributed by atoms with Crippen LogP contribution in [0.1, 0.15) is 102 Å². The largest absolute Gasteiger partial charge is 0.388 e. The zero-order chi connectivity index (χ0) is 25.1. The van der Waals surface area contributed by atoms with Gasteiger partial charge >= 0.3 is 0 Å². The lowest BCUT2D eigenvalue weighted by molar-refractivity contribution is -0.129. The van der Waals surface area contributed by atoms with Gasteiger partial charge in [0.15, 0.2) is 5.78 Å². The van der Waals surface area contributed by atoms with Gasteiger partial charge in [-0.2, -0.15) is 5.10 Å². The maximum absolute atomic E-state index is 13.4. The first-order chi connectivity index (χ1) is 16.7. The summed E-state index contributed by atoms with van der Waals surface area (Å²) in [6.07, 6.45) is 10.6. The molecule has 4 rings (SSSR count). The lowest BCUT2D eigenvalue weighted by Gasteiger charge is -2.31. The Labute approximate surface area is 209 Å². The molecule has 0 radical (unpaired) electrons. The van der Waals surface area contributed by atoms with Crippen LogP contribution in [0.4, 0.5) is 0 Å². The molecule has 2 aliphatic carbocycles. The van der Waals surface area contributed by atoms with Crippen molar-refractivity contribution in [2.45, 2.75) is 104 Å². The third-order valence-electron chi connectivity index (χ3n) is 8.23. The summed E-state index contributed by atoms with van der Waals surface area (Å²) in [5, 5.41) is 19.3. The zero-order valence-corrected chi connectivity index (χ0v) is 21.8. The van der Waals surface area contributed by atoms with Gasteiger partial charge in [0, 0.05) is 30.8 Å². The Kier molecular flexibility index (Phi) is 7.99. The summed E-state index contributed by atoms with van der Waals surface area (Å²) in [6.45, 7) is 7.28. The van der Waals surface area contributed by atoms with E-state index < -0.39 is 5.60 Å². The minimum Gasteiger partial charge on any atom is -0.388 e. The first-order valence-electron chi connectivity index (χ1n) is 13.7. The maximum Gasteiger partial charge on any atom is 0.223 e. The van der Waals surface area contributed by atoms with Gasteiger partial charge in [-0.25, -0.2) is 0 Å². The van der Waals surface area contributed by atoms with Gasteiger partial charge < -0.3 is 10.4 Å². The van der Waals surface area contributed by atoms with Crippen LogP contribution in [0.15, 0.2) is 24.3 Å². The van der Waals surface area contributed by atoms with E-state index in [0.717, 1.165) is 43.1 Å². The van der Waals surface area contributed by atoms with E-state index in [1.807, 2.05) is 43.7 Å². The van der Waals surface area contributed by atoms with E-state index in [9.17, 15) is 14.7 Å². The second-order valence-electron chi connectivity index (χ2n) is 12.1. The van der Waals surface area contributed by atoms with Gasteiger partial charge in [0.1, 0.15) is 5.69 Å². The highest BCUT2D eigenvalue weighted by atomic mass is 16.3. The van der Waals surface area contributed by atoms with E-state index in [-0.39, 0.29) is 29.4 Å². The van der Waals surface area contributed by atoms with Crippen molar-refractivity contribution in [3.63, 3.8) is 0 Å². The minimum atomic E-state index is -0.780. The lowest BCUT2D eigenvalue weighted by Crippen LogP contribution is -2.45. The molecule has 35 heavy (non-hydrogen) atoms. The fourth-order valence-electron chi connectivity index (χ4n) is 6.02. The standard InChI is InChI=1S/C29H43N3O3/c1-28(2,3)23(27(34)30-20-29(35)17-9-10-18-29)15-16-25(33)26-22-13-7-8-14-24(22)32(31-26)19-21-11-5-4-6-12-21/h7-8,13-14,21,23,35H,4-6,9-12,15-20H2,1-3H3,(H,30,34). The van der Waals surface area contributed by atoms with Gasteiger partial charge in [-0.1, -0.05) is 71.1 Å². The molecule has 1 atom stereocenters. The quantitative estimate of drug-likeness (QED) is 0.453. The number of nitrogens with zero attached hydrogens (tertiary/aromatic N) is 2. The fraction of sp³-hybridized carbons (Fsp3) is 0.690. The molecule has 1 heterocycles. The fourth-order valence-corrected chi connectivity index (χ4v) is 6.02. The number of nitrogens with one attached hydrogen (secondary N) is 1. The summed E-state index contributed by atoms with van der Waals surface area (Å²) < 4.78 is 2.04. The van der Waals surface area contributed by atoms with Crippen molar-refractivity contribution >= 4 is 22.6 Å². The Morgan fingerprint density at radius 2 is 1.80 bits per heavy atom. The first kappa shape index (κ1) is 25.9. The van der Waals surface area contributed by atoms with Gasteiger partial charge in [-0.05, 0) is 49.5 Å². The number of fused-ring (bicyclic) bond motifs is 1. The van der Waals surface area contributed by atoms with Crippen molar-refractivity contribution in [2.75, 3.05) is 6.54 Å². The highest BCUT2D eigenvalue weighted by Crippen LogP contribution is 2.33. The summed E-state index contributed by atoms with van der Waals surface area (Å²) in [4.78, 5) is 26.5. The predicted molar refractivity (Wildman–Crippen MR) is 139 cm³/mol. The summed E-state index contributed by atoms with van der Waals surface area (Å²) in [6, 6.07) is 8.02. The normalized spacial score (nSPS) is 19.7. The topological polar surface area (TPSA) is 84.2 Å². The van der Waals surface area contributed by atoms with Crippen molar-refractivity contribution in [3.8, 4) is 0 Å². The van der Waals surface area contributed by atoms with Crippen molar-refractivity contribution < 1.29 is 14.7 Å². The molecule has 2 aliphatic rings. The molecule has 1 aromatic heterocycles. The molecule has 0 bridgehead atoms. The van der Waals surface area contributed by atoms with Gasteiger partial charge in [-0.15, -0.1) is 0 Å². The van der Waals surface area contributed by atoms with Crippen LogP contribution < -0.4 is 5.32 Å². The molecule has 2 fully saturated rings. The third-order valence-corrected chi connectivity index (χ3v) is 8.23. The Bertz CT molecular complexity index is 1020. The summed E-state index contributed by atoms with van der Waals surface area (Å²) >= 11 is 0. The van der Waals surface area contributed by atoms with Crippen molar-refractivity contribution in [1.82, 2.24) is 15.1 Å². The number of benzene rings is 1. The average molecular weight is 482 g/mol. The number of aromatic nitrogens is 2. The molecule has 0 spiro atoms. The summed E-state index contributed by atoms with van der Waals surface area (Å²) in [7, 11) is 0. The van der Waals surface area contributed by atoms with E-state index >= 15 is 0 Å². The molecule has 0 aliphatic heterocycles. The number of para-hydroxylation sites is 1. The van der Waals surface area contributed by atoms with Crippen LogP contribution in [0.25, 0.3) is 10.9 Å². The second-order valence-corrected chi connectivity index (χ2v) is 12.1. The van der Waals surface area contributed by atoms with E-state index in [1.54, 1.807) is 0 Å². The van der Waals surface area contributed by atoms with Crippen LogP contribution in [0.5, 0.6) is 0 Å². The minimum absolute atomic E-state index is 0.0000607. The van der Waals surface area contributed by atoms with Gasteiger partial charge in [0.05, 0.1) is 11.1 Å². The Hall–Kier alpha value is -2.21. The van der Waals surface area contributed by atoms with Gasteiger partial charge in [0.2, 0.25) is 5.91 Å². The number of hydrogen-bond acceptors (Lipinski definition) is 4. The highest BCUT2D eigenvalue weighted by molar-refractivity contribution is 6.06. The van der Waals surface area contributed by atoms with Crippen molar-refractivity contribution in [1.29, 1.82) is 0 Å². The van der Waals surface area contributed by atoms with Crippen LogP contribution in [-0.2, 0) is 11.3 Å². The number of rotatable bonds is 9. The van der Waals surface area contributed by atoms with Gasteiger partial charge in [-0.3, -0.25) is 14.3 Å². The molecule has 2 saturated carbocycles. The van der Waals surface area contributed by atoms with Crippen molar-refractivity contribution in [2.24, 2.45) is 17.3 Å². The van der Waals surface area contributed by atoms with Crippen molar-refractivity contribution in [3.05, 3.63) is 30.0 Å². The molecule has 6 heteroatoms. The second kappa shape index (κ2) is 10.8. The van der Waals surface area contributed by atoms with Crippen LogP contribution in [0.2, 0.25) is 0 Å². The Balaban J connectivity index is 1.44. The molecule has 0 saturated heterocycles. The van der Waals surface area contributed by atoms with E-state index in [4.69, 9.17) is 5.10 Å². The highest BCUT2D eigenvalue weighted by Gasteiger charge is 2.35. The van der Waals surface area contributed by atoms with Crippen LogP contribution in [0.3, 0.4) is 0 Å². The SMILES string of the molecule is CC(C)(C)C(CCC(=O)c1nn(CC2CCCCC2)c2ccccc12)C(=O)NCC1(O)CCCC1. The zero-order valence-electron chi connectivity index (χ0n) is 21.8. The summed E-state index contributed by atoms with van der Waals surface area (Å²) in [5.74, 6) is 0.240. The first-order valence-corrected chi connectivity index (χ1v) is 13.7. The Morgan fingerprint density at radius 1 is 1.11 bits per heavy atom. The number of Topliss-reactive ketones (excluding diaryl/α,β-unsaturated/α-hetero) is 1. The molecule has 192 valence electrons. The third kappa shape index (κ3) is 6.32. The number of carbonyl (C=O) groups excluding carboxylic acids is 2. The number of carbonyl (C=O) groups is 2. The number of amides is 1. The molecule has 1 unspecified atom stereocenters. The molecule has 6 nitrogen and oxygen atoms in total. The average Bonchev–Trinajstić information content (AvgIpc) is 3.42. The van der Waals surface area contributed by atoms with Crippen LogP contribution in [-0.4, -0.2) is 38.7 Å². The molecular weight excluding hydrogens is 438 g/mol. The molecular formula is C29H43N3O3. The lowest BCUT2D eigenvalue weighted by atomic mass is 9.77. The monoisotopic (exact) mass is 481 g/mol. The number of aliphatic hydroxyl groups is 1. The van der Waals surface area contributed by atoms with Crippen LogP contribution in [0, 0.1) is 17.3 Å². The smallest absolute Gasteiger partial charge is 0.223 e. The molecule has 2 N–H and O–H groups in total. The molecule has 1 aromatic carbocycles. The predicted octanol–water partition coefficient (Wildman–Crippen LogP) is 5.66. The van der Waals surface area contributed by atoms with Crippen LogP contribution >= 0.6 is 0 Å². The van der Waals surface area contributed by atoms with E-state index in [0.29, 0.717) is 24.6 Å². The number of hydrogen-bond donors (Lipinski definition) is 2. The molecule has 2 aromatic rings. The molecule has 1 amide bonds. The number of ketones is 1. The van der Waals surface area contributed by atoms with Gasteiger partial charge in [0.25, 0.3) is 0 Å². The van der Waals surface area contributed by atoms with E-state index in [2.05, 4.69) is 11.4 Å². The Morgan fingerprint density at radius 3 is 2.49 bits per heavy atom. The maximum atomic E-state index is 13.4. The van der Waals surface area contributed by atoms with E-state index in [1.165, 1.54) is 32.1 Å².